The number of hydrogen-bond donors (Lipinski definition) is 1. The fourth-order valence-corrected chi connectivity index (χ4v) is 2.22. The number of rotatable bonds is 2. The normalized spacial score (nSPS) is 16.2. The highest BCUT2D eigenvalue weighted by molar-refractivity contribution is 5.30. The van der Waals surface area contributed by atoms with Gasteiger partial charge < -0.3 is 10.3 Å². The molecule has 0 unspecified atom stereocenters. The molecule has 0 aliphatic heterocycles. The maximum atomic E-state index is 11.7. The largest absolute Gasteiger partial charge is 0.379 e. The first-order chi connectivity index (χ1) is 7.70. The summed E-state index contributed by atoms with van der Waals surface area (Å²) in [6.45, 7) is 0.653. The second kappa shape index (κ2) is 4.35. The minimum absolute atomic E-state index is 0.0861. The van der Waals surface area contributed by atoms with E-state index >= 15 is 0 Å². The van der Waals surface area contributed by atoms with Crippen molar-refractivity contribution in [1.82, 2.24) is 9.55 Å². The van der Waals surface area contributed by atoms with Crippen LogP contribution in [0, 0.1) is 17.2 Å². The van der Waals surface area contributed by atoms with Crippen molar-refractivity contribution in [3.05, 3.63) is 22.2 Å². The fraction of sp³-hybridized carbons (Fsp3) is 0.545. The van der Waals surface area contributed by atoms with Crippen molar-refractivity contribution in [3.8, 4) is 6.07 Å². The number of nitrogens with two attached hydrogens (primary N) is 1. The fourth-order valence-electron chi connectivity index (χ4n) is 2.22. The summed E-state index contributed by atoms with van der Waals surface area (Å²) in [6.07, 6.45) is 6.25. The van der Waals surface area contributed by atoms with Crippen LogP contribution < -0.4 is 11.3 Å². The number of anilines is 1. The first kappa shape index (κ1) is 10.7. The molecule has 1 fully saturated rings. The van der Waals surface area contributed by atoms with E-state index < -0.39 is 0 Å². The summed E-state index contributed by atoms with van der Waals surface area (Å²) < 4.78 is 1.52. The average molecular weight is 218 g/mol. The van der Waals surface area contributed by atoms with Crippen LogP contribution in [-0.2, 0) is 6.54 Å². The van der Waals surface area contributed by atoms with Crippen LogP contribution in [0.2, 0.25) is 0 Å². The van der Waals surface area contributed by atoms with Gasteiger partial charge in [-0.05, 0) is 18.8 Å². The molecule has 0 amide bonds. The minimum atomic E-state index is -0.286. The summed E-state index contributed by atoms with van der Waals surface area (Å²) in [5.41, 5.74) is 5.39. The van der Waals surface area contributed by atoms with Crippen molar-refractivity contribution in [3.63, 3.8) is 0 Å². The van der Waals surface area contributed by atoms with E-state index in [0.717, 1.165) is 12.8 Å². The van der Waals surface area contributed by atoms with E-state index in [9.17, 15) is 4.79 Å². The molecule has 0 spiro atoms. The van der Waals surface area contributed by atoms with Crippen LogP contribution in [0.3, 0.4) is 0 Å². The van der Waals surface area contributed by atoms with Gasteiger partial charge in [0, 0.05) is 12.7 Å². The number of nitrogen functional groups attached to an aromatic ring is 1. The van der Waals surface area contributed by atoms with Gasteiger partial charge in [0.05, 0.1) is 0 Å². The molecule has 0 bridgehead atoms. The van der Waals surface area contributed by atoms with Crippen molar-refractivity contribution in [2.45, 2.75) is 32.2 Å². The Morgan fingerprint density at radius 2 is 2.25 bits per heavy atom. The van der Waals surface area contributed by atoms with Gasteiger partial charge in [0.25, 0.3) is 5.56 Å². The quantitative estimate of drug-likeness (QED) is 0.798. The molecule has 1 aliphatic carbocycles. The molecule has 0 radical (unpaired) electrons. The van der Waals surface area contributed by atoms with Gasteiger partial charge in [-0.25, -0.2) is 4.98 Å². The molecule has 16 heavy (non-hydrogen) atoms. The van der Waals surface area contributed by atoms with Gasteiger partial charge in [0.2, 0.25) is 0 Å². The third kappa shape index (κ3) is 2.06. The molecule has 2 rings (SSSR count). The highest BCUT2D eigenvalue weighted by atomic mass is 16.1. The summed E-state index contributed by atoms with van der Waals surface area (Å²) in [6, 6.07) is 1.91. The number of aromatic nitrogens is 2. The van der Waals surface area contributed by atoms with Gasteiger partial charge in [-0.1, -0.05) is 12.8 Å². The monoisotopic (exact) mass is 218 g/mol. The Morgan fingerprint density at radius 3 is 2.88 bits per heavy atom. The lowest BCUT2D eigenvalue weighted by atomic mass is 10.1. The SMILES string of the molecule is N#Cc1cn(CC2CCCC2)c(=O)c(N)n1. The lowest BCUT2D eigenvalue weighted by Crippen LogP contribution is -2.27. The van der Waals surface area contributed by atoms with Crippen molar-refractivity contribution >= 4 is 5.82 Å². The van der Waals surface area contributed by atoms with Gasteiger partial charge in [0.1, 0.15) is 6.07 Å². The number of nitriles is 1. The number of hydrogen-bond acceptors (Lipinski definition) is 4. The van der Waals surface area contributed by atoms with E-state index in [1.165, 1.54) is 23.6 Å². The van der Waals surface area contributed by atoms with Crippen LogP contribution in [-0.4, -0.2) is 9.55 Å². The van der Waals surface area contributed by atoms with Gasteiger partial charge >= 0.3 is 0 Å². The maximum absolute atomic E-state index is 11.7. The molecule has 0 saturated heterocycles. The van der Waals surface area contributed by atoms with Crippen LogP contribution in [0.5, 0.6) is 0 Å². The lowest BCUT2D eigenvalue weighted by Gasteiger charge is -2.11. The van der Waals surface area contributed by atoms with Crippen molar-refractivity contribution in [1.29, 1.82) is 5.26 Å². The van der Waals surface area contributed by atoms with E-state index in [1.54, 1.807) is 0 Å². The standard InChI is InChI=1S/C11H14N4O/c12-5-9-7-15(11(16)10(13)14-9)6-8-3-1-2-4-8/h7-8H,1-4,6H2,(H2,13,14). The summed E-state index contributed by atoms with van der Waals surface area (Å²) in [7, 11) is 0. The third-order valence-electron chi connectivity index (χ3n) is 3.04. The zero-order chi connectivity index (χ0) is 11.5. The zero-order valence-corrected chi connectivity index (χ0v) is 9.02. The Balaban J connectivity index is 2.29. The topological polar surface area (TPSA) is 84.7 Å². The second-order valence-corrected chi connectivity index (χ2v) is 4.23. The maximum Gasteiger partial charge on any atom is 0.293 e. The summed E-state index contributed by atoms with van der Waals surface area (Å²) in [5, 5.41) is 8.75. The zero-order valence-electron chi connectivity index (χ0n) is 9.02. The molecule has 1 saturated carbocycles. The smallest absolute Gasteiger partial charge is 0.293 e. The minimum Gasteiger partial charge on any atom is -0.379 e. The Labute approximate surface area is 93.5 Å². The first-order valence-corrected chi connectivity index (χ1v) is 5.48. The van der Waals surface area contributed by atoms with Crippen molar-refractivity contribution in [2.75, 3.05) is 5.73 Å². The van der Waals surface area contributed by atoms with E-state index in [0.29, 0.717) is 12.5 Å². The molecule has 1 aliphatic rings. The van der Waals surface area contributed by atoms with Gasteiger partial charge in [0.15, 0.2) is 11.5 Å². The average Bonchev–Trinajstić information content (AvgIpc) is 2.77. The highest BCUT2D eigenvalue weighted by Gasteiger charge is 2.17. The van der Waals surface area contributed by atoms with Crippen LogP contribution >= 0.6 is 0 Å². The summed E-state index contributed by atoms with van der Waals surface area (Å²) in [4.78, 5) is 15.4. The van der Waals surface area contributed by atoms with Crippen LogP contribution in [0.4, 0.5) is 5.82 Å². The molecule has 5 heteroatoms. The molecule has 2 N–H and O–H groups in total. The first-order valence-electron chi connectivity index (χ1n) is 5.48. The van der Waals surface area contributed by atoms with Crippen LogP contribution in [0.25, 0.3) is 0 Å². The van der Waals surface area contributed by atoms with E-state index in [2.05, 4.69) is 4.98 Å². The van der Waals surface area contributed by atoms with E-state index in [1.807, 2.05) is 6.07 Å². The lowest BCUT2D eigenvalue weighted by molar-refractivity contribution is 0.448. The molecular formula is C11H14N4O. The predicted octanol–water partition coefficient (Wildman–Crippen LogP) is 0.887. The highest BCUT2D eigenvalue weighted by Crippen LogP contribution is 2.25. The van der Waals surface area contributed by atoms with Crippen LogP contribution in [0.15, 0.2) is 11.0 Å². The summed E-state index contributed by atoms with van der Waals surface area (Å²) in [5.74, 6) is 0.447. The predicted molar refractivity (Wildman–Crippen MR) is 59.6 cm³/mol. The summed E-state index contributed by atoms with van der Waals surface area (Å²) >= 11 is 0. The molecular weight excluding hydrogens is 204 g/mol. The Morgan fingerprint density at radius 1 is 1.56 bits per heavy atom. The Kier molecular flexibility index (Phi) is 2.91. The number of nitrogens with zero attached hydrogens (tertiary/aromatic N) is 3. The molecule has 1 aromatic rings. The van der Waals surface area contributed by atoms with Gasteiger partial charge in [-0.3, -0.25) is 4.79 Å². The van der Waals surface area contributed by atoms with E-state index in [-0.39, 0.29) is 17.1 Å². The molecule has 84 valence electrons. The van der Waals surface area contributed by atoms with Crippen molar-refractivity contribution in [2.24, 2.45) is 5.92 Å². The Bertz CT molecular complexity index is 480. The third-order valence-corrected chi connectivity index (χ3v) is 3.04. The van der Waals surface area contributed by atoms with E-state index in [4.69, 9.17) is 11.0 Å². The van der Waals surface area contributed by atoms with Gasteiger partial charge in [-0.15, -0.1) is 0 Å². The van der Waals surface area contributed by atoms with Crippen molar-refractivity contribution < 1.29 is 0 Å². The molecule has 5 nitrogen and oxygen atoms in total. The molecule has 1 heterocycles. The Hall–Kier alpha value is -1.83. The van der Waals surface area contributed by atoms with Gasteiger partial charge in [-0.2, -0.15) is 5.26 Å². The second-order valence-electron chi connectivity index (χ2n) is 4.23. The molecule has 1 aromatic heterocycles. The molecule has 0 atom stereocenters. The van der Waals surface area contributed by atoms with Crippen LogP contribution in [0.1, 0.15) is 31.4 Å². The molecule has 0 aromatic carbocycles.